The first-order chi connectivity index (χ1) is 16.2. The Balaban J connectivity index is 2.51. The molecule has 2 nitrogen and oxygen atoms in total. The van der Waals surface area contributed by atoms with E-state index in [1.54, 1.807) is 0 Å². The predicted octanol–water partition coefficient (Wildman–Crippen LogP) is 10.6. The number of unbranched alkanes of at least 4 members (excludes halogenated alkanes) is 16. The second kappa shape index (κ2) is 21.7. The normalized spacial score (nSPS) is 13.5. The monoisotopic (exact) mass is 461 g/mol. The van der Waals surface area contributed by atoms with Crippen LogP contribution in [0.4, 0.5) is 0 Å². The van der Waals surface area contributed by atoms with Gasteiger partial charge in [0.15, 0.2) is 0 Å². The number of aromatic amines is 1. The van der Waals surface area contributed by atoms with E-state index in [9.17, 15) is 0 Å². The van der Waals surface area contributed by atoms with Crippen molar-refractivity contribution >= 4 is 0 Å². The maximum atomic E-state index is 3.70. The highest BCUT2D eigenvalue weighted by molar-refractivity contribution is 4.90. The zero-order valence-electron chi connectivity index (χ0n) is 23.3. The third kappa shape index (κ3) is 14.9. The number of nitrogens with zero attached hydrogens (tertiary/aromatic N) is 1. The fourth-order valence-corrected chi connectivity index (χ4v) is 5.37. The van der Waals surface area contributed by atoms with Crippen LogP contribution in [0, 0.1) is 0 Å². The van der Waals surface area contributed by atoms with Gasteiger partial charge in [0, 0.05) is 0 Å². The molecule has 0 radical (unpaired) electrons. The van der Waals surface area contributed by atoms with Crippen LogP contribution >= 0.6 is 0 Å². The Bertz CT molecular complexity index is 521. The summed E-state index contributed by atoms with van der Waals surface area (Å²) in [5.41, 5.74) is 0. The molecule has 0 spiro atoms. The minimum Gasteiger partial charge on any atom is -0.247 e. The van der Waals surface area contributed by atoms with Crippen LogP contribution in [0.1, 0.15) is 187 Å². The van der Waals surface area contributed by atoms with Crippen LogP contribution < -0.4 is 4.57 Å². The van der Waals surface area contributed by atoms with Gasteiger partial charge in [0.05, 0.1) is 12.0 Å². The molecular formula is C31H61N2+. The molecule has 0 fully saturated rings. The van der Waals surface area contributed by atoms with Gasteiger partial charge >= 0.3 is 0 Å². The van der Waals surface area contributed by atoms with Gasteiger partial charge in [0.1, 0.15) is 12.4 Å². The molecule has 0 aromatic carbocycles. The van der Waals surface area contributed by atoms with Gasteiger partial charge in [-0.1, -0.05) is 136 Å². The molecule has 1 N–H and O–H groups in total. The lowest BCUT2D eigenvalue weighted by molar-refractivity contribution is -0.727. The summed E-state index contributed by atoms with van der Waals surface area (Å²) < 4.78 is 2.61. The fourth-order valence-electron chi connectivity index (χ4n) is 5.37. The summed E-state index contributed by atoms with van der Waals surface area (Å²) in [6, 6.07) is 0.624. The molecule has 2 unspecified atom stereocenters. The van der Waals surface area contributed by atoms with Crippen LogP contribution in [0.25, 0.3) is 0 Å². The van der Waals surface area contributed by atoms with Crippen LogP contribution in [0.5, 0.6) is 0 Å². The molecule has 0 bridgehead atoms. The SMILES string of the molecule is CCCCCCCCCC(CCCCCCC)c1[nH]cc[n+]1C(C)CCCCCCCCC. The van der Waals surface area contributed by atoms with Gasteiger partial charge in [-0.2, -0.15) is 0 Å². The first-order valence-electron chi connectivity index (χ1n) is 15.3. The molecule has 1 heterocycles. The van der Waals surface area contributed by atoms with E-state index in [0.717, 1.165) is 0 Å². The smallest absolute Gasteiger partial charge is 0.247 e. The Labute approximate surface area is 208 Å². The topological polar surface area (TPSA) is 19.7 Å². The summed E-state index contributed by atoms with van der Waals surface area (Å²) in [6.45, 7) is 9.38. The highest BCUT2D eigenvalue weighted by atomic mass is 15.1. The molecule has 1 rings (SSSR count). The van der Waals surface area contributed by atoms with Gasteiger partial charge in [-0.25, -0.2) is 9.55 Å². The van der Waals surface area contributed by atoms with E-state index in [1.807, 2.05) is 0 Å². The van der Waals surface area contributed by atoms with Crippen molar-refractivity contribution in [2.75, 3.05) is 0 Å². The highest BCUT2D eigenvalue weighted by Gasteiger charge is 2.25. The molecule has 0 aliphatic heterocycles. The Morgan fingerprint density at radius 3 is 1.42 bits per heavy atom. The zero-order valence-corrected chi connectivity index (χ0v) is 23.3. The quantitative estimate of drug-likeness (QED) is 0.117. The van der Waals surface area contributed by atoms with Crippen LogP contribution in [0.2, 0.25) is 0 Å². The number of imidazole rings is 1. The highest BCUT2D eigenvalue weighted by Crippen LogP contribution is 2.27. The summed E-state index contributed by atoms with van der Waals surface area (Å²) in [5.74, 6) is 2.24. The van der Waals surface area contributed by atoms with Crippen LogP contribution in [-0.2, 0) is 0 Å². The molecule has 0 saturated carbocycles. The van der Waals surface area contributed by atoms with E-state index < -0.39 is 0 Å². The molecular weight excluding hydrogens is 400 g/mol. The second-order valence-electron chi connectivity index (χ2n) is 10.8. The maximum absolute atomic E-state index is 3.70. The Hall–Kier alpha value is -0.790. The third-order valence-corrected chi connectivity index (χ3v) is 7.64. The van der Waals surface area contributed by atoms with Crippen molar-refractivity contribution in [3.05, 3.63) is 18.2 Å². The van der Waals surface area contributed by atoms with Crippen LogP contribution in [0.3, 0.4) is 0 Å². The molecule has 0 amide bonds. The first kappa shape index (κ1) is 30.2. The van der Waals surface area contributed by atoms with Crippen LogP contribution in [0.15, 0.2) is 12.4 Å². The van der Waals surface area contributed by atoms with E-state index in [2.05, 4.69) is 49.6 Å². The van der Waals surface area contributed by atoms with E-state index in [4.69, 9.17) is 0 Å². The van der Waals surface area contributed by atoms with Crippen molar-refractivity contribution < 1.29 is 4.57 Å². The molecule has 0 aliphatic rings. The van der Waals surface area contributed by atoms with Gasteiger partial charge in [-0.05, 0) is 32.6 Å². The summed E-state index contributed by atoms with van der Waals surface area (Å²) in [6.07, 6.45) is 35.3. The largest absolute Gasteiger partial charge is 0.257 e. The van der Waals surface area contributed by atoms with Gasteiger partial charge in [0.2, 0.25) is 0 Å². The molecule has 0 aliphatic carbocycles. The summed E-state index contributed by atoms with van der Waals surface area (Å²) >= 11 is 0. The molecule has 2 atom stereocenters. The average molecular weight is 462 g/mol. The number of aromatic nitrogens is 2. The van der Waals surface area contributed by atoms with E-state index in [1.165, 1.54) is 147 Å². The van der Waals surface area contributed by atoms with Gasteiger partial charge in [-0.3, -0.25) is 0 Å². The Kier molecular flexibility index (Phi) is 19.9. The van der Waals surface area contributed by atoms with Crippen molar-refractivity contribution in [3.8, 4) is 0 Å². The molecule has 1 aromatic rings. The zero-order chi connectivity index (χ0) is 24.0. The summed E-state index contributed by atoms with van der Waals surface area (Å²) in [7, 11) is 0. The molecule has 33 heavy (non-hydrogen) atoms. The Morgan fingerprint density at radius 1 is 0.576 bits per heavy atom. The van der Waals surface area contributed by atoms with Crippen molar-refractivity contribution in [3.63, 3.8) is 0 Å². The average Bonchev–Trinajstić information content (AvgIpc) is 3.31. The number of nitrogens with one attached hydrogen (secondary N) is 1. The van der Waals surface area contributed by atoms with Gasteiger partial charge < -0.3 is 0 Å². The maximum Gasteiger partial charge on any atom is 0.257 e. The molecule has 0 saturated heterocycles. The summed E-state index contributed by atoms with van der Waals surface area (Å²) in [4.78, 5) is 3.70. The van der Waals surface area contributed by atoms with E-state index in [0.29, 0.717) is 12.0 Å². The first-order valence-corrected chi connectivity index (χ1v) is 15.3. The molecule has 194 valence electrons. The van der Waals surface area contributed by atoms with Gasteiger partial charge in [0.25, 0.3) is 5.82 Å². The third-order valence-electron chi connectivity index (χ3n) is 7.64. The van der Waals surface area contributed by atoms with Crippen molar-refractivity contribution in [2.24, 2.45) is 0 Å². The van der Waals surface area contributed by atoms with E-state index in [-0.39, 0.29) is 0 Å². The lowest BCUT2D eigenvalue weighted by Crippen LogP contribution is -2.41. The van der Waals surface area contributed by atoms with Gasteiger partial charge in [-0.15, -0.1) is 0 Å². The predicted molar refractivity (Wildman–Crippen MR) is 147 cm³/mol. The number of hydrogen-bond donors (Lipinski definition) is 1. The molecule has 1 aromatic heterocycles. The fraction of sp³-hybridized carbons (Fsp3) is 0.903. The van der Waals surface area contributed by atoms with Crippen molar-refractivity contribution in [1.82, 2.24) is 4.98 Å². The van der Waals surface area contributed by atoms with Crippen molar-refractivity contribution in [1.29, 1.82) is 0 Å². The lowest BCUT2D eigenvalue weighted by Gasteiger charge is -2.17. The second-order valence-corrected chi connectivity index (χ2v) is 10.8. The Morgan fingerprint density at radius 2 is 0.970 bits per heavy atom. The van der Waals surface area contributed by atoms with Crippen molar-refractivity contribution in [2.45, 2.75) is 181 Å². The number of H-pyrrole nitrogens is 1. The summed E-state index contributed by atoms with van der Waals surface area (Å²) in [5, 5.41) is 0. The minimum absolute atomic E-state index is 0.624. The van der Waals surface area contributed by atoms with E-state index >= 15 is 0 Å². The lowest BCUT2D eigenvalue weighted by atomic mass is 9.93. The number of rotatable bonds is 24. The molecule has 2 heteroatoms. The number of hydrogen-bond acceptors (Lipinski definition) is 0. The standard InChI is InChI=1S/C31H60N2/c1-5-8-11-14-16-19-21-24-29(4)33-28-27-32-31(33)30(25-22-18-13-10-7-3)26-23-20-17-15-12-9-6-2/h27-30H,5-26H2,1-4H3/p+1. The van der Waals surface area contributed by atoms with Crippen LogP contribution in [-0.4, -0.2) is 4.98 Å². The minimum atomic E-state index is 0.624.